The average molecular weight is 334 g/mol. The number of hydrogen-bond acceptors (Lipinski definition) is 4. The van der Waals surface area contributed by atoms with Crippen molar-refractivity contribution in [2.75, 3.05) is 7.11 Å². The van der Waals surface area contributed by atoms with E-state index in [1.165, 1.54) is 12.1 Å². The van der Waals surface area contributed by atoms with Gasteiger partial charge in [0.25, 0.3) is 0 Å². The molecule has 0 bridgehead atoms. The van der Waals surface area contributed by atoms with Gasteiger partial charge in [0.05, 0.1) is 18.3 Å². The number of benzene rings is 1. The molecule has 0 saturated heterocycles. The van der Waals surface area contributed by atoms with Crippen LogP contribution in [0.15, 0.2) is 42.5 Å². The van der Waals surface area contributed by atoms with Crippen LogP contribution in [-0.4, -0.2) is 26.7 Å². The van der Waals surface area contributed by atoms with Crippen LogP contribution >= 0.6 is 0 Å². The normalized spacial score (nSPS) is 11.6. The molecule has 6 heteroatoms. The second-order valence-corrected chi connectivity index (χ2v) is 5.65. The van der Waals surface area contributed by atoms with Gasteiger partial charge in [-0.3, -0.25) is 0 Å². The summed E-state index contributed by atoms with van der Waals surface area (Å²) in [4.78, 5) is 8.99. The average Bonchev–Trinajstić information content (AvgIpc) is 3.05. The molecule has 124 valence electrons. The predicted octanol–water partition coefficient (Wildman–Crippen LogP) is 3.90. The molecule has 0 aliphatic carbocycles. The number of methoxy groups -OCH3 is 1. The van der Waals surface area contributed by atoms with Crippen LogP contribution in [0.25, 0.3) is 28.7 Å². The highest BCUT2D eigenvalue weighted by atomic mass is 19.1. The minimum atomic E-state index is -0.268. The van der Waals surface area contributed by atoms with Gasteiger partial charge >= 0.3 is 0 Å². The van der Waals surface area contributed by atoms with Crippen molar-refractivity contribution in [3.8, 4) is 5.75 Å². The maximum atomic E-state index is 13.2. The molecule has 4 aromatic rings. The van der Waals surface area contributed by atoms with Gasteiger partial charge in [0.15, 0.2) is 17.2 Å². The van der Waals surface area contributed by atoms with E-state index in [9.17, 15) is 4.39 Å². The van der Waals surface area contributed by atoms with Gasteiger partial charge in [-0.15, -0.1) is 5.10 Å². The van der Waals surface area contributed by atoms with Crippen molar-refractivity contribution < 1.29 is 9.13 Å². The first-order valence-electron chi connectivity index (χ1n) is 7.79. The third-order valence-corrected chi connectivity index (χ3v) is 3.95. The number of hydrogen-bond donors (Lipinski definition) is 0. The second kappa shape index (κ2) is 5.98. The predicted molar refractivity (Wildman–Crippen MR) is 94.9 cm³/mol. The monoisotopic (exact) mass is 334 g/mol. The molecule has 0 amide bonds. The first kappa shape index (κ1) is 15.3. The Morgan fingerprint density at radius 1 is 1.04 bits per heavy atom. The number of fused-ring (bicyclic) bond motifs is 2. The van der Waals surface area contributed by atoms with Crippen LogP contribution in [0.2, 0.25) is 0 Å². The smallest absolute Gasteiger partial charge is 0.198 e. The molecule has 3 heterocycles. The highest BCUT2D eigenvalue weighted by Gasteiger charge is 2.08. The van der Waals surface area contributed by atoms with E-state index in [-0.39, 0.29) is 5.82 Å². The number of aromatic nitrogens is 4. The Balaban J connectivity index is 1.71. The molecule has 3 aromatic heterocycles. The molecule has 0 saturated carbocycles. The minimum Gasteiger partial charge on any atom is -0.493 e. The zero-order valence-corrected chi connectivity index (χ0v) is 13.8. The van der Waals surface area contributed by atoms with Crippen LogP contribution in [0.3, 0.4) is 0 Å². The Labute approximate surface area is 143 Å². The van der Waals surface area contributed by atoms with E-state index in [4.69, 9.17) is 4.74 Å². The van der Waals surface area contributed by atoms with E-state index >= 15 is 0 Å². The van der Waals surface area contributed by atoms with Gasteiger partial charge in [0.1, 0.15) is 5.82 Å². The topological polar surface area (TPSA) is 52.3 Å². The van der Waals surface area contributed by atoms with E-state index < -0.39 is 0 Å². The summed E-state index contributed by atoms with van der Waals surface area (Å²) in [6.07, 6.45) is 3.63. The van der Waals surface area contributed by atoms with Gasteiger partial charge in [0.2, 0.25) is 0 Å². The van der Waals surface area contributed by atoms with Crippen LogP contribution in [0.5, 0.6) is 5.75 Å². The lowest BCUT2D eigenvalue weighted by atomic mass is 10.2. The van der Waals surface area contributed by atoms with Gasteiger partial charge in [-0.25, -0.2) is 18.9 Å². The zero-order chi connectivity index (χ0) is 17.4. The molecule has 0 aliphatic rings. The Hall–Kier alpha value is -3.28. The maximum Gasteiger partial charge on any atom is 0.198 e. The summed E-state index contributed by atoms with van der Waals surface area (Å²) in [6.45, 7) is 1.96. The molecule has 0 spiro atoms. The molecule has 0 atom stereocenters. The molecular formula is C19H15FN4O. The summed E-state index contributed by atoms with van der Waals surface area (Å²) in [5.41, 5.74) is 3.13. The fourth-order valence-electron chi connectivity index (χ4n) is 2.67. The van der Waals surface area contributed by atoms with Crippen molar-refractivity contribution in [3.63, 3.8) is 0 Å². The van der Waals surface area contributed by atoms with Crippen LogP contribution in [0.4, 0.5) is 4.39 Å². The van der Waals surface area contributed by atoms with Crippen molar-refractivity contribution in [3.05, 3.63) is 65.5 Å². The molecule has 5 nitrogen and oxygen atoms in total. The summed E-state index contributed by atoms with van der Waals surface area (Å²) in [7, 11) is 1.61. The maximum absolute atomic E-state index is 13.2. The number of ether oxygens (including phenoxy) is 1. The lowest BCUT2D eigenvalue weighted by molar-refractivity contribution is 0.416. The molecule has 0 aliphatic heterocycles. The van der Waals surface area contributed by atoms with Crippen LogP contribution in [-0.2, 0) is 0 Å². The zero-order valence-electron chi connectivity index (χ0n) is 13.8. The van der Waals surface area contributed by atoms with Crippen LogP contribution < -0.4 is 4.74 Å². The molecule has 0 unspecified atom stereocenters. The standard InChI is InChI=1S/C19H15FN4O/c1-12-3-9-17(25-2)19-22-18(23-24(12)19)10-7-15-6-4-13-11-14(20)5-8-16(13)21-15/h3-11H,1-2H3/b10-7+. The number of halogens is 1. The molecule has 0 N–H and O–H groups in total. The highest BCUT2D eigenvalue weighted by Crippen LogP contribution is 2.20. The quantitative estimate of drug-likeness (QED) is 0.570. The Morgan fingerprint density at radius 3 is 2.76 bits per heavy atom. The third kappa shape index (κ3) is 2.82. The molecule has 0 radical (unpaired) electrons. The third-order valence-electron chi connectivity index (χ3n) is 3.95. The fraction of sp³-hybridized carbons (Fsp3) is 0.105. The number of nitrogens with zero attached hydrogens (tertiary/aromatic N) is 4. The molecule has 1 aromatic carbocycles. The summed E-state index contributed by atoms with van der Waals surface area (Å²) in [5, 5.41) is 5.24. The van der Waals surface area contributed by atoms with E-state index in [1.807, 2.05) is 37.3 Å². The van der Waals surface area contributed by atoms with E-state index in [2.05, 4.69) is 15.1 Å². The number of pyridine rings is 2. The number of aryl methyl sites for hydroxylation is 1. The van der Waals surface area contributed by atoms with Crippen molar-refractivity contribution in [2.24, 2.45) is 0 Å². The lowest BCUT2D eigenvalue weighted by Gasteiger charge is -2.02. The Morgan fingerprint density at radius 2 is 1.92 bits per heavy atom. The van der Waals surface area contributed by atoms with Crippen molar-refractivity contribution >= 4 is 28.7 Å². The molecule has 4 rings (SSSR count). The largest absolute Gasteiger partial charge is 0.493 e. The first-order valence-corrected chi connectivity index (χ1v) is 7.79. The van der Waals surface area contributed by atoms with Crippen LogP contribution in [0.1, 0.15) is 17.2 Å². The summed E-state index contributed by atoms with van der Waals surface area (Å²) in [5.74, 6) is 0.966. The minimum absolute atomic E-state index is 0.268. The Bertz CT molecular complexity index is 1120. The Kier molecular flexibility index (Phi) is 3.65. The van der Waals surface area contributed by atoms with Crippen molar-refractivity contribution in [1.29, 1.82) is 0 Å². The van der Waals surface area contributed by atoms with Gasteiger partial charge in [-0.05, 0) is 55.5 Å². The lowest BCUT2D eigenvalue weighted by Crippen LogP contribution is -1.95. The summed E-state index contributed by atoms with van der Waals surface area (Å²) < 4.78 is 20.3. The van der Waals surface area contributed by atoms with E-state index in [0.717, 1.165) is 22.3 Å². The summed E-state index contributed by atoms with van der Waals surface area (Å²) >= 11 is 0. The van der Waals surface area contributed by atoms with Gasteiger partial charge < -0.3 is 4.74 Å². The van der Waals surface area contributed by atoms with Crippen molar-refractivity contribution in [1.82, 2.24) is 19.6 Å². The molecule has 25 heavy (non-hydrogen) atoms. The van der Waals surface area contributed by atoms with Gasteiger partial charge in [-0.1, -0.05) is 6.07 Å². The fourth-order valence-corrected chi connectivity index (χ4v) is 2.67. The molecular weight excluding hydrogens is 319 g/mol. The molecule has 0 fully saturated rings. The van der Waals surface area contributed by atoms with Crippen molar-refractivity contribution in [2.45, 2.75) is 6.92 Å². The second-order valence-electron chi connectivity index (χ2n) is 5.65. The summed E-state index contributed by atoms with van der Waals surface area (Å²) in [6, 6.07) is 12.0. The van der Waals surface area contributed by atoms with Crippen LogP contribution in [0, 0.1) is 12.7 Å². The van der Waals surface area contributed by atoms with E-state index in [1.54, 1.807) is 23.8 Å². The SMILES string of the molecule is COc1ccc(C)n2nc(/C=C/c3ccc4cc(F)ccc4n3)nc12. The van der Waals surface area contributed by atoms with Gasteiger partial charge in [0, 0.05) is 11.1 Å². The van der Waals surface area contributed by atoms with Gasteiger partial charge in [-0.2, -0.15) is 0 Å². The number of rotatable bonds is 3. The first-order chi connectivity index (χ1) is 12.1. The van der Waals surface area contributed by atoms with E-state index in [0.29, 0.717) is 17.2 Å². The highest BCUT2D eigenvalue weighted by molar-refractivity contribution is 5.80.